The number of morpholine rings is 1. The minimum atomic E-state index is 0.318. The van der Waals surface area contributed by atoms with Crippen LogP contribution in [-0.4, -0.2) is 86.2 Å². The van der Waals surface area contributed by atoms with E-state index in [4.69, 9.17) is 4.74 Å². The largest absolute Gasteiger partial charge is 0.375 e. The molecule has 0 aromatic carbocycles. The van der Waals surface area contributed by atoms with Gasteiger partial charge in [-0.05, 0) is 39.8 Å². The number of likely N-dealkylation sites (N-methyl/N-ethyl adjacent to an activating group) is 1. The Labute approximate surface area is 128 Å². The highest BCUT2D eigenvalue weighted by atomic mass is 16.5. The predicted octanol–water partition coefficient (Wildman–Crippen LogP) is 0.650. The van der Waals surface area contributed by atoms with Crippen molar-refractivity contribution in [2.24, 2.45) is 5.92 Å². The van der Waals surface area contributed by atoms with Gasteiger partial charge in [0.05, 0.1) is 12.7 Å². The van der Waals surface area contributed by atoms with Crippen molar-refractivity contribution in [3.63, 3.8) is 0 Å². The van der Waals surface area contributed by atoms with Gasteiger partial charge in [-0.2, -0.15) is 0 Å². The number of fused-ring (bicyclic) bond motifs is 1. The molecule has 0 N–H and O–H groups in total. The van der Waals surface area contributed by atoms with E-state index in [2.05, 4.69) is 28.8 Å². The normalized spacial score (nSPS) is 31.1. The van der Waals surface area contributed by atoms with E-state index in [1.54, 1.807) is 0 Å². The van der Waals surface area contributed by atoms with Crippen LogP contribution in [0.4, 0.5) is 0 Å². The Morgan fingerprint density at radius 3 is 2.62 bits per heavy atom. The fraction of sp³-hybridized carbons (Fsp3) is 0.938. The summed E-state index contributed by atoms with van der Waals surface area (Å²) in [4.78, 5) is 19.2. The maximum atomic E-state index is 12.3. The van der Waals surface area contributed by atoms with E-state index >= 15 is 0 Å². The molecule has 3 aliphatic rings. The lowest BCUT2D eigenvalue weighted by molar-refractivity contribution is -0.132. The summed E-state index contributed by atoms with van der Waals surface area (Å²) in [6.07, 6.45) is 4.59. The van der Waals surface area contributed by atoms with Gasteiger partial charge in [-0.25, -0.2) is 0 Å². The summed E-state index contributed by atoms with van der Waals surface area (Å²) in [5.41, 5.74) is 0. The highest BCUT2D eigenvalue weighted by Gasteiger charge is 2.38. The summed E-state index contributed by atoms with van der Waals surface area (Å²) in [5.74, 6) is 0.740. The van der Waals surface area contributed by atoms with E-state index in [1.165, 1.54) is 0 Å². The van der Waals surface area contributed by atoms with Gasteiger partial charge in [0.1, 0.15) is 0 Å². The van der Waals surface area contributed by atoms with Gasteiger partial charge in [0.15, 0.2) is 0 Å². The third-order valence-corrected chi connectivity index (χ3v) is 5.06. The van der Waals surface area contributed by atoms with Crippen molar-refractivity contribution in [1.29, 1.82) is 0 Å². The fourth-order valence-electron chi connectivity index (χ4n) is 3.58. The number of hydrogen-bond donors (Lipinski definition) is 0. The number of nitrogens with zero attached hydrogens (tertiary/aromatic N) is 3. The van der Waals surface area contributed by atoms with E-state index in [1.807, 2.05) is 0 Å². The lowest BCUT2D eigenvalue weighted by Crippen LogP contribution is -2.52. The zero-order chi connectivity index (χ0) is 14.8. The van der Waals surface area contributed by atoms with E-state index in [9.17, 15) is 4.79 Å². The van der Waals surface area contributed by atoms with Crippen molar-refractivity contribution >= 4 is 5.91 Å². The van der Waals surface area contributed by atoms with Crippen LogP contribution < -0.4 is 0 Å². The van der Waals surface area contributed by atoms with Crippen molar-refractivity contribution in [3.05, 3.63) is 0 Å². The number of ether oxygens (including phenoxy) is 1. The number of carbonyl (C=O) groups is 1. The summed E-state index contributed by atoms with van der Waals surface area (Å²) >= 11 is 0. The molecular formula is C16H29N3O2. The summed E-state index contributed by atoms with van der Waals surface area (Å²) in [6, 6.07) is 0.496. The molecule has 0 bridgehead atoms. The molecule has 3 fully saturated rings. The number of rotatable bonds is 4. The Bertz CT molecular complexity index is 371. The third kappa shape index (κ3) is 3.76. The van der Waals surface area contributed by atoms with Gasteiger partial charge in [0.25, 0.3) is 0 Å². The lowest BCUT2D eigenvalue weighted by Gasteiger charge is -2.40. The van der Waals surface area contributed by atoms with Gasteiger partial charge in [-0.3, -0.25) is 9.69 Å². The minimum Gasteiger partial charge on any atom is -0.375 e. The zero-order valence-corrected chi connectivity index (χ0v) is 13.5. The molecule has 120 valence electrons. The van der Waals surface area contributed by atoms with Crippen molar-refractivity contribution in [2.45, 2.75) is 37.8 Å². The SMILES string of the molecule is CN(C)CCN1CCOC2CCN(C(=O)C3CC3)CCC21. The third-order valence-electron chi connectivity index (χ3n) is 5.06. The first-order valence-corrected chi connectivity index (χ1v) is 8.44. The van der Waals surface area contributed by atoms with Gasteiger partial charge in [-0.15, -0.1) is 0 Å². The Kier molecular flexibility index (Phi) is 4.82. The van der Waals surface area contributed by atoms with Gasteiger partial charge < -0.3 is 14.5 Å². The molecule has 5 nitrogen and oxygen atoms in total. The average Bonchev–Trinajstić information content (AvgIpc) is 3.30. The molecule has 1 aliphatic carbocycles. The lowest BCUT2D eigenvalue weighted by atomic mass is 10.0. The maximum Gasteiger partial charge on any atom is 0.225 e. The molecule has 2 unspecified atom stereocenters. The smallest absolute Gasteiger partial charge is 0.225 e. The van der Waals surface area contributed by atoms with Gasteiger partial charge >= 0.3 is 0 Å². The molecule has 3 rings (SSSR count). The second-order valence-corrected chi connectivity index (χ2v) is 6.99. The van der Waals surface area contributed by atoms with Crippen LogP contribution in [0, 0.1) is 5.92 Å². The van der Waals surface area contributed by atoms with E-state index < -0.39 is 0 Å². The zero-order valence-electron chi connectivity index (χ0n) is 13.5. The first-order valence-electron chi connectivity index (χ1n) is 8.44. The monoisotopic (exact) mass is 295 g/mol. The minimum absolute atomic E-state index is 0.318. The predicted molar refractivity (Wildman–Crippen MR) is 82.2 cm³/mol. The van der Waals surface area contributed by atoms with E-state index in [0.717, 1.165) is 65.0 Å². The van der Waals surface area contributed by atoms with Crippen LogP contribution in [0.3, 0.4) is 0 Å². The van der Waals surface area contributed by atoms with Crippen molar-refractivity contribution < 1.29 is 9.53 Å². The summed E-state index contributed by atoms with van der Waals surface area (Å²) in [7, 11) is 4.25. The molecule has 1 saturated carbocycles. The highest BCUT2D eigenvalue weighted by Crippen LogP contribution is 2.32. The standard InChI is InChI=1S/C16H29N3O2/c1-17(2)9-10-18-11-12-21-15-6-8-19(7-5-14(15)18)16(20)13-3-4-13/h13-15H,3-12H2,1-2H3. The second kappa shape index (κ2) is 6.63. The first kappa shape index (κ1) is 15.3. The highest BCUT2D eigenvalue weighted by molar-refractivity contribution is 5.81. The van der Waals surface area contributed by atoms with Gasteiger partial charge in [0, 0.05) is 44.7 Å². The molecule has 0 aromatic rings. The topological polar surface area (TPSA) is 36.0 Å². The summed E-state index contributed by atoms with van der Waals surface area (Å²) < 4.78 is 6.01. The van der Waals surface area contributed by atoms with Crippen molar-refractivity contribution in [3.8, 4) is 0 Å². The number of likely N-dealkylation sites (tertiary alicyclic amines) is 1. The molecule has 21 heavy (non-hydrogen) atoms. The van der Waals surface area contributed by atoms with Gasteiger partial charge in [-0.1, -0.05) is 0 Å². The van der Waals surface area contributed by atoms with Crippen LogP contribution in [0.5, 0.6) is 0 Å². The van der Waals surface area contributed by atoms with Crippen LogP contribution in [0.1, 0.15) is 25.7 Å². The quantitative estimate of drug-likeness (QED) is 0.763. The number of carbonyl (C=O) groups excluding carboxylic acids is 1. The summed E-state index contributed by atoms with van der Waals surface area (Å²) in [6.45, 7) is 5.87. The second-order valence-electron chi connectivity index (χ2n) is 6.99. The molecule has 1 amide bonds. The molecular weight excluding hydrogens is 266 g/mol. The van der Waals surface area contributed by atoms with Crippen molar-refractivity contribution in [2.75, 3.05) is 53.4 Å². The average molecular weight is 295 g/mol. The van der Waals surface area contributed by atoms with Crippen molar-refractivity contribution in [1.82, 2.24) is 14.7 Å². The van der Waals surface area contributed by atoms with Gasteiger partial charge in [0.2, 0.25) is 5.91 Å². The van der Waals surface area contributed by atoms with E-state index in [0.29, 0.717) is 24.0 Å². The Morgan fingerprint density at radius 2 is 1.90 bits per heavy atom. The van der Waals surface area contributed by atoms with Crippen LogP contribution in [0.2, 0.25) is 0 Å². The molecule has 2 aliphatic heterocycles. The van der Waals surface area contributed by atoms with Crippen LogP contribution in [0.25, 0.3) is 0 Å². The molecule has 0 radical (unpaired) electrons. The number of hydrogen-bond acceptors (Lipinski definition) is 4. The molecule has 5 heteroatoms. The maximum absolute atomic E-state index is 12.3. The van der Waals surface area contributed by atoms with E-state index in [-0.39, 0.29) is 0 Å². The first-order chi connectivity index (χ1) is 10.1. The molecule has 2 heterocycles. The molecule has 2 saturated heterocycles. The van der Waals surface area contributed by atoms with Crippen LogP contribution >= 0.6 is 0 Å². The summed E-state index contributed by atoms with van der Waals surface area (Å²) in [5, 5.41) is 0. The fourth-order valence-corrected chi connectivity index (χ4v) is 3.58. The van der Waals surface area contributed by atoms with Crippen LogP contribution in [-0.2, 0) is 9.53 Å². The molecule has 0 aromatic heterocycles. The Hall–Kier alpha value is -0.650. The molecule has 2 atom stereocenters. The number of amides is 1. The molecule has 0 spiro atoms. The van der Waals surface area contributed by atoms with Crippen LogP contribution in [0.15, 0.2) is 0 Å². The Balaban J connectivity index is 1.58. The Morgan fingerprint density at radius 1 is 1.14 bits per heavy atom.